The highest BCUT2D eigenvalue weighted by atomic mass is 16.5. The van der Waals surface area contributed by atoms with Gasteiger partial charge in [-0.3, -0.25) is 4.79 Å². The molecule has 3 rings (SSSR count). The molecule has 1 aliphatic rings. The van der Waals surface area contributed by atoms with Crippen LogP contribution in [0.1, 0.15) is 43.4 Å². The van der Waals surface area contributed by atoms with E-state index in [2.05, 4.69) is 12.2 Å². The van der Waals surface area contributed by atoms with Crippen LogP contribution in [0.15, 0.2) is 48.5 Å². The van der Waals surface area contributed by atoms with Crippen molar-refractivity contribution in [3.05, 3.63) is 59.7 Å². The minimum atomic E-state index is -0.552. The quantitative estimate of drug-likeness (QED) is 0.785. The van der Waals surface area contributed by atoms with Gasteiger partial charge in [-0.05, 0) is 42.5 Å². The van der Waals surface area contributed by atoms with Crippen LogP contribution in [0.4, 0.5) is 0 Å². The van der Waals surface area contributed by atoms with Crippen molar-refractivity contribution in [2.24, 2.45) is 0 Å². The molecule has 0 aromatic heterocycles. The standard InChI is InChI=1S/C23H29NO4/c1-4-19(17-10-11-20(26-2)21(16-17)27-3)24-22(25)23(12-14-28-15-13-23)18-8-6-5-7-9-18/h5-11,16,19H,4,12-15H2,1-3H3,(H,24,25)/t19-/m1/s1. The van der Waals surface area contributed by atoms with E-state index >= 15 is 0 Å². The van der Waals surface area contributed by atoms with Crippen LogP contribution in [0, 0.1) is 0 Å². The van der Waals surface area contributed by atoms with Gasteiger partial charge < -0.3 is 19.5 Å². The molecular weight excluding hydrogens is 354 g/mol. The number of benzene rings is 2. The normalized spacial score (nSPS) is 16.8. The zero-order chi connectivity index (χ0) is 20.0. The molecule has 5 heteroatoms. The van der Waals surface area contributed by atoms with E-state index in [-0.39, 0.29) is 11.9 Å². The smallest absolute Gasteiger partial charge is 0.231 e. The second-order valence-corrected chi connectivity index (χ2v) is 7.11. The van der Waals surface area contributed by atoms with E-state index in [1.54, 1.807) is 14.2 Å². The highest BCUT2D eigenvalue weighted by Gasteiger charge is 2.42. The molecule has 0 spiro atoms. The molecule has 150 valence electrons. The summed E-state index contributed by atoms with van der Waals surface area (Å²) in [5.41, 5.74) is 1.51. The monoisotopic (exact) mass is 383 g/mol. The van der Waals surface area contributed by atoms with Crippen LogP contribution in [-0.2, 0) is 14.9 Å². The average molecular weight is 383 g/mol. The van der Waals surface area contributed by atoms with Crippen LogP contribution in [0.2, 0.25) is 0 Å². The predicted molar refractivity (Wildman–Crippen MR) is 109 cm³/mol. The first-order valence-corrected chi connectivity index (χ1v) is 9.80. The molecule has 0 saturated carbocycles. The molecule has 0 aliphatic carbocycles. The van der Waals surface area contributed by atoms with Gasteiger partial charge in [-0.25, -0.2) is 0 Å². The van der Waals surface area contributed by atoms with E-state index < -0.39 is 5.41 Å². The first kappa shape index (κ1) is 20.2. The van der Waals surface area contributed by atoms with Gasteiger partial charge in [-0.2, -0.15) is 0 Å². The summed E-state index contributed by atoms with van der Waals surface area (Å²) < 4.78 is 16.3. The third-order valence-corrected chi connectivity index (χ3v) is 5.63. The number of carbonyl (C=O) groups is 1. The lowest BCUT2D eigenvalue weighted by Crippen LogP contribution is -2.48. The number of methoxy groups -OCH3 is 2. The van der Waals surface area contributed by atoms with Crippen molar-refractivity contribution in [3.8, 4) is 11.5 Å². The summed E-state index contributed by atoms with van der Waals surface area (Å²) in [6.07, 6.45) is 2.15. The Labute approximate surface area is 167 Å². The number of rotatable bonds is 7. The molecule has 1 heterocycles. The summed E-state index contributed by atoms with van der Waals surface area (Å²) in [7, 11) is 3.24. The van der Waals surface area contributed by atoms with E-state index in [0.717, 1.165) is 17.5 Å². The van der Waals surface area contributed by atoms with Gasteiger partial charge in [0, 0.05) is 13.2 Å². The molecule has 0 unspecified atom stereocenters. The van der Waals surface area contributed by atoms with Crippen molar-refractivity contribution in [3.63, 3.8) is 0 Å². The first-order valence-electron chi connectivity index (χ1n) is 9.80. The maximum Gasteiger partial charge on any atom is 0.231 e. The van der Waals surface area contributed by atoms with Gasteiger partial charge in [0.15, 0.2) is 11.5 Å². The number of nitrogens with one attached hydrogen (secondary N) is 1. The highest BCUT2D eigenvalue weighted by Crippen LogP contribution is 2.37. The fourth-order valence-corrected chi connectivity index (χ4v) is 3.91. The van der Waals surface area contributed by atoms with Gasteiger partial charge in [0.25, 0.3) is 0 Å². The van der Waals surface area contributed by atoms with Crippen LogP contribution in [0.5, 0.6) is 11.5 Å². The lowest BCUT2D eigenvalue weighted by molar-refractivity contribution is -0.131. The Morgan fingerprint density at radius 3 is 2.36 bits per heavy atom. The molecule has 28 heavy (non-hydrogen) atoms. The number of hydrogen-bond donors (Lipinski definition) is 1. The molecule has 2 aromatic rings. The van der Waals surface area contributed by atoms with Crippen molar-refractivity contribution in [2.75, 3.05) is 27.4 Å². The Morgan fingerprint density at radius 2 is 1.75 bits per heavy atom. The van der Waals surface area contributed by atoms with Crippen LogP contribution in [0.3, 0.4) is 0 Å². The van der Waals surface area contributed by atoms with Crippen LogP contribution in [0.25, 0.3) is 0 Å². The number of ether oxygens (including phenoxy) is 3. The van der Waals surface area contributed by atoms with E-state index in [1.807, 2.05) is 48.5 Å². The molecule has 1 N–H and O–H groups in total. The zero-order valence-electron chi connectivity index (χ0n) is 16.9. The predicted octanol–water partition coefficient (Wildman–Crippen LogP) is 4.02. The van der Waals surface area contributed by atoms with Gasteiger partial charge in [0.1, 0.15) is 0 Å². The lowest BCUT2D eigenvalue weighted by atomic mass is 9.73. The van der Waals surface area contributed by atoms with E-state index in [9.17, 15) is 4.79 Å². The Bertz CT molecular complexity index is 784. The fraction of sp³-hybridized carbons (Fsp3) is 0.435. The second-order valence-electron chi connectivity index (χ2n) is 7.11. The Morgan fingerprint density at radius 1 is 1.07 bits per heavy atom. The number of hydrogen-bond acceptors (Lipinski definition) is 4. The largest absolute Gasteiger partial charge is 0.493 e. The third-order valence-electron chi connectivity index (χ3n) is 5.63. The molecular formula is C23H29NO4. The van der Waals surface area contributed by atoms with E-state index in [4.69, 9.17) is 14.2 Å². The van der Waals surface area contributed by atoms with Crippen LogP contribution < -0.4 is 14.8 Å². The Kier molecular flexibility index (Phi) is 6.57. The second kappa shape index (κ2) is 9.11. The third kappa shape index (κ3) is 3.99. The van der Waals surface area contributed by atoms with Crippen molar-refractivity contribution < 1.29 is 19.0 Å². The minimum absolute atomic E-state index is 0.0589. The van der Waals surface area contributed by atoms with Gasteiger partial charge in [-0.1, -0.05) is 43.3 Å². The molecule has 1 saturated heterocycles. The maximum atomic E-state index is 13.5. The van der Waals surface area contributed by atoms with Crippen LogP contribution >= 0.6 is 0 Å². The summed E-state index contributed by atoms with van der Waals surface area (Å²) >= 11 is 0. The molecule has 0 radical (unpaired) electrons. The summed E-state index contributed by atoms with van der Waals surface area (Å²) in [6.45, 7) is 3.26. The van der Waals surface area contributed by atoms with Crippen molar-refractivity contribution in [1.82, 2.24) is 5.32 Å². The summed E-state index contributed by atoms with van der Waals surface area (Å²) in [5.74, 6) is 1.40. The summed E-state index contributed by atoms with van der Waals surface area (Å²) in [6, 6.07) is 15.7. The molecule has 0 bridgehead atoms. The highest BCUT2D eigenvalue weighted by molar-refractivity contribution is 5.88. The van der Waals surface area contributed by atoms with E-state index in [1.165, 1.54) is 0 Å². The number of amides is 1. The molecule has 1 atom stereocenters. The van der Waals surface area contributed by atoms with Gasteiger partial charge in [0.05, 0.1) is 25.7 Å². The first-order chi connectivity index (χ1) is 13.6. The summed E-state index contributed by atoms with van der Waals surface area (Å²) in [4.78, 5) is 13.5. The minimum Gasteiger partial charge on any atom is -0.493 e. The van der Waals surface area contributed by atoms with Crippen molar-refractivity contribution >= 4 is 5.91 Å². The SMILES string of the molecule is CC[C@@H](NC(=O)C1(c2ccccc2)CCOCC1)c1ccc(OC)c(OC)c1. The molecule has 1 amide bonds. The molecule has 2 aromatic carbocycles. The Balaban J connectivity index is 1.88. The van der Waals surface area contributed by atoms with Crippen molar-refractivity contribution in [1.29, 1.82) is 0 Å². The van der Waals surface area contributed by atoms with Crippen LogP contribution in [-0.4, -0.2) is 33.3 Å². The Hall–Kier alpha value is -2.53. The lowest BCUT2D eigenvalue weighted by Gasteiger charge is -2.37. The fourth-order valence-electron chi connectivity index (χ4n) is 3.91. The van der Waals surface area contributed by atoms with Crippen molar-refractivity contribution in [2.45, 2.75) is 37.6 Å². The zero-order valence-corrected chi connectivity index (χ0v) is 16.9. The summed E-state index contributed by atoms with van der Waals surface area (Å²) in [5, 5.41) is 3.29. The average Bonchev–Trinajstić information content (AvgIpc) is 2.77. The number of carbonyl (C=O) groups excluding carboxylic acids is 1. The topological polar surface area (TPSA) is 56.8 Å². The maximum absolute atomic E-state index is 13.5. The van der Waals surface area contributed by atoms with E-state index in [0.29, 0.717) is 37.6 Å². The molecule has 1 aliphatic heterocycles. The van der Waals surface area contributed by atoms with Gasteiger partial charge in [0.2, 0.25) is 5.91 Å². The van der Waals surface area contributed by atoms with Gasteiger partial charge in [-0.15, -0.1) is 0 Å². The molecule has 5 nitrogen and oxygen atoms in total. The van der Waals surface area contributed by atoms with Gasteiger partial charge >= 0.3 is 0 Å². The molecule has 1 fully saturated rings.